The Morgan fingerprint density at radius 3 is 2.88 bits per heavy atom. The molecular weight excluding hydrogens is 204 g/mol. The molecular formula is C12H22N2O2. The Bertz CT molecular complexity index is 257. The first-order valence-corrected chi connectivity index (χ1v) is 6.36. The molecule has 2 rings (SSSR count). The molecule has 0 amide bonds. The van der Waals surface area contributed by atoms with Crippen molar-refractivity contribution in [1.29, 1.82) is 0 Å². The van der Waals surface area contributed by atoms with Crippen LogP contribution in [0.15, 0.2) is 0 Å². The highest BCUT2D eigenvalue weighted by Crippen LogP contribution is 2.35. The zero-order chi connectivity index (χ0) is 11.5. The molecule has 1 heterocycles. The summed E-state index contributed by atoms with van der Waals surface area (Å²) in [6.45, 7) is 1.74. The van der Waals surface area contributed by atoms with Crippen LogP contribution in [0.1, 0.15) is 32.1 Å². The lowest BCUT2D eigenvalue weighted by molar-refractivity contribution is -0.139. The van der Waals surface area contributed by atoms with Crippen molar-refractivity contribution in [3.63, 3.8) is 0 Å². The van der Waals surface area contributed by atoms with Gasteiger partial charge >= 0.3 is 5.97 Å². The van der Waals surface area contributed by atoms with Crippen molar-refractivity contribution < 1.29 is 9.90 Å². The minimum atomic E-state index is -0.734. The average Bonchev–Trinajstić information content (AvgIpc) is 2.69. The monoisotopic (exact) mass is 226 g/mol. The number of carboxylic acid groups (broad SMARTS) is 1. The molecule has 1 aliphatic heterocycles. The molecule has 0 aromatic carbocycles. The number of carbonyl (C=O) groups is 1. The van der Waals surface area contributed by atoms with E-state index in [1.54, 1.807) is 7.05 Å². The molecule has 1 aliphatic carbocycles. The fraction of sp³-hybridized carbons (Fsp3) is 0.917. The first-order chi connectivity index (χ1) is 7.72. The largest absolute Gasteiger partial charge is 0.480 e. The van der Waals surface area contributed by atoms with Crippen LogP contribution in [-0.4, -0.2) is 48.2 Å². The quantitative estimate of drug-likeness (QED) is 0.748. The Morgan fingerprint density at radius 1 is 1.44 bits per heavy atom. The fourth-order valence-electron chi connectivity index (χ4n) is 3.26. The van der Waals surface area contributed by atoms with E-state index in [9.17, 15) is 4.79 Å². The van der Waals surface area contributed by atoms with Gasteiger partial charge in [0.25, 0.3) is 0 Å². The van der Waals surface area contributed by atoms with Crippen LogP contribution in [0.5, 0.6) is 0 Å². The third kappa shape index (κ3) is 2.38. The molecule has 92 valence electrons. The van der Waals surface area contributed by atoms with E-state index < -0.39 is 12.0 Å². The summed E-state index contributed by atoms with van der Waals surface area (Å²) in [5.74, 6) is 0.0989. The Labute approximate surface area is 97.0 Å². The third-order valence-electron chi connectivity index (χ3n) is 4.19. The number of nitrogens with one attached hydrogen (secondary N) is 1. The molecule has 1 saturated carbocycles. The molecule has 3 atom stereocenters. The predicted octanol–water partition coefficient (Wildman–Crippen LogP) is 0.923. The smallest absolute Gasteiger partial charge is 0.322 e. The topological polar surface area (TPSA) is 52.6 Å². The van der Waals surface area contributed by atoms with E-state index >= 15 is 0 Å². The van der Waals surface area contributed by atoms with Gasteiger partial charge in [0.15, 0.2) is 0 Å². The van der Waals surface area contributed by atoms with Crippen LogP contribution in [0, 0.1) is 5.92 Å². The van der Waals surface area contributed by atoms with Crippen LogP contribution in [0.25, 0.3) is 0 Å². The van der Waals surface area contributed by atoms with E-state index in [-0.39, 0.29) is 0 Å². The molecule has 0 aromatic heterocycles. The summed E-state index contributed by atoms with van der Waals surface area (Å²) in [4.78, 5) is 13.4. The standard InChI is InChI=1S/C12H22N2O2/c1-13-10(12(15)16)8-14-7-6-9-4-2-3-5-11(9)14/h9-11,13H,2-8H2,1H3,(H,15,16). The SMILES string of the molecule is CNC(CN1CCC2CCCCC21)C(=O)O. The minimum absolute atomic E-state index is 0.416. The summed E-state index contributed by atoms with van der Waals surface area (Å²) >= 11 is 0. The van der Waals surface area contributed by atoms with Crippen molar-refractivity contribution in [3.05, 3.63) is 0 Å². The molecule has 2 N–H and O–H groups in total. The maximum absolute atomic E-state index is 11.0. The zero-order valence-electron chi connectivity index (χ0n) is 9.98. The second-order valence-corrected chi connectivity index (χ2v) is 5.07. The molecule has 2 aliphatic rings. The van der Waals surface area contributed by atoms with Crippen LogP contribution in [-0.2, 0) is 4.79 Å². The van der Waals surface area contributed by atoms with Gasteiger partial charge in [-0.3, -0.25) is 9.69 Å². The number of likely N-dealkylation sites (tertiary alicyclic amines) is 1. The Kier molecular flexibility index (Phi) is 3.82. The lowest BCUT2D eigenvalue weighted by Gasteiger charge is -2.32. The first kappa shape index (κ1) is 11.9. The minimum Gasteiger partial charge on any atom is -0.480 e. The van der Waals surface area contributed by atoms with Gasteiger partial charge in [-0.25, -0.2) is 0 Å². The lowest BCUT2D eigenvalue weighted by atomic mass is 9.85. The molecule has 4 heteroatoms. The average molecular weight is 226 g/mol. The number of rotatable bonds is 4. The highest BCUT2D eigenvalue weighted by Gasteiger charge is 2.36. The summed E-state index contributed by atoms with van der Waals surface area (Å²) in [5, 5.41) is 11.9. The Morgan fingerprint density at radius 2 is 2.19 bits per heavy atom. The first-order valence-electron chi connectivity index (χ1n) is 6.36. The van der Waals surface area contributed by atoms with Crippen molar-refractivity contribution in [2.45, 2.75) is 44.2 Å². The maximum atomic E-state index is 11.0. The molecule has 2 fully saturated rings. The van der Waals surface area contributed by atoms with E-state index in [2.05, 4.69) is 10.2 Å². The van der Waals surface area contributed by atoms with Crippen molar-refractivity contribution in [3.8, 4) is 0 Å². The van der Waals surface area contributed by atoms with E-state index in [1.807, 2.05) is 0 Å². The van der Waals surface area contributed by atoms with Crippen LogP contribution in [0.4, 0.5) is 0 Å². The molecule has 0 radical (unpaired) electrons. The molecule has 0 spiro atoms. The molecule has 4 nitrogen and oxygen atoms in total. The number of hydrogen-bond donors (Lipinski definition) is 2. The molecule has 0 aromatic rings. The fourth-order valence-corrected chi connectivity index (χ4v) is 3.26. The molecule has 0 bridgehead atoms. The van der Waals surface area contributed by atoms with Gasteiger partial charge in [0.2, 0.25) is 0 Å². The van der Waals surface area contributed by atoms with Gasteiger partial charge in [0.05, 0.1) is 0 Å². The number of fused-ring (bicyclic) bond motifs is 1. The number of carboxylic acids is 1. The highest BCUT2D eigenvalue weighted by molar-refractivity contribution is 5.73. The summed E-state index contributed by atoms with van der Waals surface area (Å²) < 4.78 is 0. The summed E-state index contributed by atoms with van der Waals surface area (Å²) in [5.41, 5.74) is 0. The predicted molar refractivity (Wildman–Crippen MR) is 62.4 cm³/mol. The van der Waals surface area contributed by atoms with Crippen LogP contribution in [0.2, 0.25) is 0 Å². The van der Waals surface area contributed by atoms with Crippen molar-refractivity contribution >= 4 is 5.97 Å². The van der Waals surface area contributed by atoms with Crippen LogP contribution >= 0.6 is 0 Å². The van der Waals surface area contributed by atoms with Gasteiger partial charge < -0.3 is 10.4 Å². The van der Waals surface area contributed by atoms with Crippen molar-refractivity contribution in [2.24, 2.45) is 5.92 Å². The van der Waals surface area contributed by atoms with Gasteiger partial charge in [0.1, 0.15) is 6.04 Å². The third-order valence-corrected chi connectivity index (χ3v) is 4.19. The number of likely N-dealkylation sites (N-methyl/N-ethyl adjacent to an activating group) is 1. The highest BCUT2D eigenvalue weighted by atomic mass is 16.4. The Balaban J connectivity index is 1.92. The van der Waals surface area contributed by atoms with Crippen LogP contribution < -0.4 is 5.32 Å². The van der Waals surface area contributed by atoms with E-state index in [0.717, 1.165) is 12.5 Å². The summed E-state index contributed by atoms with van der Waals surface area (Å²) in [7, 11) is 1.73. The van der Waals surface area contributed by atoms with E-state index in [1.165, 1.54) is 32.1 Å². The Hall–Kier alpha value is -0.610. The molecule has 3 unspecified atom stereocenters. The van der Waals surface area contributed by atoms with Crippen LogP contribution in [0.3, 0.4) is 0 Å². The van der Waals surface area contributed by atoms with Gasteiger partial charge in [-0.1, -0.05) is 12.8 Å². The number of nitrogens with zero attached hydrogens (tertiary/aromatic N) is 1. The van der Waals surface area contributed by atoms with Crippen molar-refractivity contribution in [2.75, 3.05) is 20.1 Å². The van der Waals surface area contributed by atoms with Gasteiger partial charge in [0, 0.05) is 12.6 Å². The number of aliphatic carboxylic acids is 1. The van der Waals surface area contributed by atoms with Gasteiger partial charge in [-0.05, 0) is 38.8 Å². The molecule has 1 saturated heterocycles. The summed E-state index contributed by atoms with van der Waals surface area (Å²) in [6.07, 6.45) is 6.55. The van der Waals surface area contributed by atoms with Crippen molar-refractivity contribution in [1.82, 2.24) is 10.2 Å². The summed E-state index contributed by atoms with van der Waals surface area (Å²) in [6, 6.07) is 0.240. The second-order valence-electron chi connectivity index (χ2n) is 5.07. The van der Waals surface area contributed by atoms with Gasteiger partial charge in [-0.15, -0.1) is 0 Å². The van der Waals surface area contributed by atoms with E-state index in [0.29, 0.717) is 12.6 Å². The van der Waals surface area contributed by atoms with Gasteiger partial charge in [-0.2, -0.15) is 0 Å². The number of hydrogen-bond acceptors (Lipinski definition) is 3. The zero-order valence-corrected chi connectivity index (χ0v) is 9.98. The normalized spacial score (nSPS) is 32.3. The lowest BCUT2D eigenvalue weighted by Crippen LogP contribution is -2.47. The second kappa shape index (κ2) is 5.15. The van der Waals surface area contributed by atoms with E-state index in [4.69, 9.17) is 5.11 Å². The maximum Gasteiger partial charge on any atom is 0.322 e. The molecule has 16 heavy (non-hydrogen) atoms.